The molecule has 2 aromatic heterocycles. The summed E-state index contributed by atoms with van der Waals surface area (Å²) in [7, 11) is -1.48. The number of amides is 2. The van der Waals surface area contributed by atoms with Gasteiger partial charge in [-0.15, -0.1) is 0 Å². The highest BCUT2D eigenvalue weighted by Gasteiger charge is 2.31. The van der Waals surface area contributed by atoms with Gasteiger partial charge in [-0.05, 0) is 52.5 Å². The Bertz CT molecular complexity index is 2320. The highest BCUT2D eigenvalue weighted by atomic mass is 28.3. The number of benzene rings is 3. The standard InChI is InChI=1S/C44H56F4N6O6Si2/c1-49-42(55)40-39-37(54(52-40)28-58-17-19-61(2,3)4)23-36(34-22-35(45)38(21-33(34)24-44(46,47)48)60-29-59-18-20-62(5,6)7)51-41(39)50-25-31-15-11-12-16-32(31)27-53(43(56)57)26-30-13-9-8-10-14-30/h8-16,21-23H,17-20,24-29H2,1-7H3,(H,49,55)(H,50,51)(H,56,57). The fourth-order valence-corrected chi connectivity index (χ4v) is 7.99. The van der Waals surface area contributed by atoms with Crippen molar-refractivity contribution in [2.75, 3.05) is 32.4 Å². The topological polar surface area (TPSA) is 140 Å². The van der Waals surface area contributed by atoms with E-state index in [1.54, 1.807) is 18.2 Å². The summed E-state index contributed by atoms with van der Waals surface area (Å²) in [6.07, 6.45) is -7.22. The van der Waals surface area contributed by atoms with Crippen molar-refractivity contribution >= 4 is 44.9 Å². The summed E-state index contributed by atoms with van der Waals surface area (Å²) in [5.74, 6) is -1.79. The Hall–Kier alpha value is -5.31. The fraction of sp³-hybridized carbons (Fsp3) is 0.409. The Kier molecular flexibility index (Phi) is 15.9. The molecule has 5 aromatic rings. The van der Waals surface area contributed by atoms with E-state index in [1.165, 1.54) is 22.7 Å². The SMILES string of the molecule is CNC(=O)c1nn(COCC[Si](C)(C)C)c2cc(-c3cc(F)c(OCOCC[Si](C)(C)C)cc3CC(F)(F)F)nc(NCc3ccccc3CN(Cc3ccccc3)C(=O)O)c12. The van der Waals surface area contributed by atoms with E-state index in [1.807, 2.05) is 36.4 Å². The second-order valence-corrected chi connectivity index (χ2v) is 28.7. The smallest absolute Gasteiger partial charge is 0.407 e. The molecule has 334 valence electrons. The van der Waals surface area contributed by atoms with Crippen LogP contribution in [0.2, 0.25) is 51.4 Å². The second kappa shape index (κ2) is 20.7. The molecule has 0 spiro atoms. The Morgan fingerprint density at radius 3 is 2.13 bits per heavy atom. The van der Waals surface area contributed by atoms with Gasteiger partial charge in [0, 0.05) is 61.6 Å². The van der Waals surface area contributed by atoms with Crippen molar-refractivity contribution in [3.8, 4) is 17.0 Å². The molecule has 0 aliphatic rings. The van der Waals surface area contributed by atoms with Crippen LogP contribution in [0, 0.1) is 5.82 Å². The first-order valence-electron chi connectivity index (χ1n) is 20.4. The molecule has 2 amide bonds. The van der Waals surface area contributed by atoms with E-state index in [0.29, 0.717) is 29.9 Å². The van der Waals surface area contributed by atoms with Crippen LogP contribution in [0.4, 0.5) is 28.2 Å². The summed E-state index contributed by atoms with van der Waals surface area (Å²) in [5, 5.41) is 20.8. The monoisotopic (exact) mass is 896 g/mol. The molecule has 12 nitrogen and oxygen atoms in total. The van der Waals surface area contributed by atoms with E-state index in [9.17, 15) is 27.9 Å². The number of carbonyl (C=O) groups excluding carboxylic acids is 1. The largest absolute Gasteiger partial charge is 0.465 e. The molecule has 0 bridgehead atoms. The number of nitrogens with zero attached hydrogens (tertiary/aromatic N) is 4. The minimum absolute atomic E-state index is 0.0226. The Labute approximate surface area is 361 Å². The van der Waals surface area contributed by atoms with Gasteiger partial charge in [0.15, 0.2) is 24.1 Å². The average Bonchev–Trinajstić information content (AvgIpc) is 3.56. The number of anilines is 1. The van der Waals surface area contributed by atoms with Crippen LogP contribution in [0.15, 0.2) is 72.8 Å². The summed E-state index contributed by atoms with van der Waals surface area (Å²) in [5.41, 5.74) is 1.98. The fourth-order valence-electron chi connectivity index (χ4n) is 6.48. The van der Waals surface area contributed by atoms with E-state index in [2.05, 4.69) is 55.0 Å². The minimum atomic E-state index is -4.69. The van der Waals surface area contributed by atoms with Gasteiger partial charge in [0.1, 0.15) is 12.5 Å². The molecule has 5 rings (SSSR count). The number of carboxylic acid groups (broad SMARTS) is 1. The lowest BCUT2D eigenvalue weighted by Crippen LogP contribution is -2.29. The lowest BCUT2D eigenvalue weighted by molar-refractivity contribution is -0.127. The van der Waals surface area contributed by atoms with E-state index in [4.69, 9.17) is 19.2 Å². The zero-order chi connectivity index (χ0) is 45.2. The summed E-state index contributed by atoms with van der Waals surface area (Å²) >= 11 is 0. The van der Waals surface area contributed by atoms with Crippen LogP contribution >= 0.6 is 0 Å². The van der Waals surface area contributed by atoms with Crippen LogP contribution in [-0.2, 0) is 42.3 Å². The third-order valence-corrected chi connectivity index (χ3v) is 13.3. The normalized spacial score (nSPS) is 12.1. The second-order valence-electron chi connectivity index (χ2n) is 17.5. The van der Waals surface area contributed by atoms with Crippen molar-refractivity contribution in [3.63, 3.8) is 0 Å². The van der Waals surface area contributed by atoms with Gasteiger partial charge < -0.3 is 30.0 Å². The molecule has 62 heavy (non-hydrogen) atoms. The van der Waals surface area contributed by atoms with Crippen molar-refractivity contribution < 1.29 is 46.5 Å². The van der Waals surface area contributed by atoms with Crippen molar-refractivity contribution in [3.05, 3.63) is 107 Å². The first-order chi connectivity index (χ1) is 29.2. The first-order valence-corrected chi connectivity index (χ1v) is 27.8. The van der Waals surface area contributed by atoms with Gasteiger partial charge in [-0.2, -0.15) is 18.3 Å². The van der Waals surface area contributed by atoms with Gasteiger partial charge in [-0.3, -0.25) is 9.69 Å². The number of alkyl halides is 3. The molecule has 3 aromatic carbocycles. The number of hydrogen-bond acceptors (Lipinski definition) is 8. The lowest BCUT2D eigenvalue weighted by atomic mass is 9.99. The third-order valence-electron chi connectivity index (χ3n) is 9.92. The van der Waals surface area contributed by atoms with Gasteiger partial charge >= 0.3 is 12.3 Å². The highest BCUT2D eigenvalue weighted by Crippen LogP contribution is 2.37. The minimum Gasteiger partial charge on any atom is -0.465 e. The Balaban J connectivity index is 1.59. The van der Waals surface area contributed by atoms with Gasteiger partial charge in [0.25, 0.3) is 5.91 Å². The van der Waals surface area contributed by atoms with Crippen molar-refractivity contribution in [1.82, 2.24) is 25.0 Å². The van der Waals surface area contributed by atoms with E-state index >= 15 is 4.39 Å². The zero-order valence-electron chi connectivity index (χ0n) is 36.3. The molecule has 0 fully saturated rings. The van der Waals surface area contributed by atoms with Gasteiger partial charge in [0.05, 0.1) is 23.0 Å². The van der Waals surface area contributed by atoms with Crippen molar-refractivity contribution in [2.24, 2.45) is 0 Å². The van der Waals surface area contributed by atoms with Crippen molar-refractivity contribution in [1.29, 1.82) is 0 Å². The Morgan fingerprint density at radius 1 is 0.855 bits per heavy atom. The maximum atomic E-state index is 15.9. The number of aromatic nitrogens is 3. The summed E-state index contributed by atoms with van der Waals surface area (Å²) in [4.78, 5) is 31.9. The van der Waals surface area contributed by atoms with Crippen LogP contribution in [0.25, 0.3) is 22.2 Å². The van der Waals surface area contributed by atoms with Crippen LogP contribution in [0.3, 0.4) is 0 Å². The van der Waals surface area contributed by atoms with E-state index < -0.39 is 52.3 Å². The summed E-state index contributed by atoms with van der Waals surface area (Å²) in [6, 6.07) is 21.5. The number of halogens is 4. The number of pyridine rings is 1. The van der Waals surface area contributed by atoms with Gasteiger partial charge in [-0.25, -0.2) is 18.9 Å². The molecule has 18 heteroatoms. The quantitative estimate of drug-likeness (QED) is 0.0284. The molecule has 2 heterocycles. The van der Waals surface area contributed by atoms with Crippen LogP contribution in [0.5, 0.6) is 5.75 Å². The van der Waals surface area contributed by atoms with Crippen molar-refractivity contribution in [2.45, 2.75) is 90.3 Å². The summed E-state index contributed by atoms with van der Waals surface area (Å²) < 4.78 is 77.1. The highest BCUT2D eigenvalue weighted by molar-refractivity contribution is 6.76. The first kappa shape index (κ1) is 47.7. The van der Waals surface area contributed by atoms with E-state index in [0.717, 1.165) is 29.8 Å². The van der Waals surface area contributed by atoms with Crippen LogP contribution < -0.4 is 15.4 Å². The molecular formula is C44H56F4N6O6Si2. The molecule has 0 saturated carbocycles. The predicted molar refractivity (Wildman–Crippen MR) is 237 cm³/mol. The predicted octanol–water partition coefficient (Wildman–Crippen LogP) is 10.00. The average molecular weight is 897 g/mol. The zero-order valence-corrected chi connectivity index (χ0v) is 38.3. The maximum absolute atomic E-state index is 15.9. The number of ether oxygens (including phenoxy) is 3. The van der Waals surface area contributed by atoms with Gasteiger partial charge in [-0.1, -0.05) is 93.9 Å². The molecular weight excluding hydrogens is 841 g/mol. The third kappa shape index (κ3) is 13.9. The molecule has 3 N–H and O–H groups in total. The number of fused-ring (bicyclic) bond motifs is 1. The number of nitrogens with one attached hydrogen (secondary N) is 2. The van der Waals surface area contributed by atoms with Gasteiger partial charge in [0.2, 0.25) is 0 Å². The summed E-state index contributed by atoms with van der Waals surface area (Å²) in [6.45, 7) is 13.7. The lowest BCUT2D eigenvalue weighted by Gasteiger charge is -2.21. The molecule has 0 atom stereocenters. The van der Waals surface area contributed by atoms with Crippen LogP contribution in [-0.4, -0.2) is 86.1 Å². The maximum Gasteiger partial charge on any atom is 0.407 e. The molecule has 0 radical (unpaired) electrons. The molecule has 0 unspecified atom stereocenters. The van der Waals surface area contributed by atoms with Crippen LogP contribution in [0.1, 0.15) is 32.7 Å². The molecule has 0 aliphatic heterocycles. The number of carbonyl (C=O) groups is 2. The number of rotatable bonds is 21. The molecule has 0 saturated heterocycles. The molecule has 0 aliphatic carbocycles. The Morgan fingerprint density at radius 2 is 1.50 bits per heavy atom. The number of hydrogen-bond donors (Lipinski definition) is 3. The van der Waals surface area contributed by atoms with E-state index in [-0.39, 0.29) is 66.9 Å².